The van der Waals surface area contributed by atoms with Crippen LogP contribution in [0.5, 0.6) is 5.75 Å². The highest BCUT2D eigenvalue weighted by Gasteiger charge is 2.25. The molecule has 0 aliphatic rings. The Kier molecular flexibility index (Phi) is 8.39. The molecule has 0 radical (unpaired) electrons. The van der Waals surface area contributed by atoms with Gasteiger partial charge in [0.2, 0.25) is 5.91 Å². The predicted octanol–water partition coefficient (Wildman–Crippen LogP) is 3.30. The van der Waals surface area contributed by atoms with Crippen molar-refractivity contribution in [3.05, 3.63) is 59.3 Å². The van der Waals surface area contributed by atoms with Gasteiger partial charge in [-0.3, -0.25) is 4.79 Å². The molecule has 0 saturated heterocycles. The van der Waals surface area contributed by atoms with Gasteiger partial charge in [0.15, 0.2) is 0 Å². The van der Waals surface area contributed by atoms with Crippen molar-refractivity contribution in [2.75, 3.05) is 26.3 Å². The summed E-state index contributed by atoms with van der Waals surface area (Å²) < 4.78 is 39.1. The van der Waals surface area contributed by atoms with Gasteiger partial charge in [-0.2, -0.15) is 0 Å². The summed E-state index contributed by atoms with van der Waals surface area (Å²) in [5.41, 5.74) is 2.87. The number of alkyl carbamates (subject to hydrolysis) is 1. The van der Waals surface area contributed by atoms with Crippen LogP contribution in [0.3, 0.4) is 0 Å². The Balaban J connectivity index is 1.97. The van der Waals surface area contributed by atoms with Crippen LogP contribution >= 0.6 is 0 Å². The second-order valence-corrected chi connectivity index (χ2v) is 9.84. The Labute approximate surface area is 205 Å². The number of fused-ring (bicyclic) bond motifs is 1. The normalized spacial score (nSPS) is 11.3. The lowest BCUT2D eigenvalue weighted by atomic mass is 10.1. The third-order valence-corrected chi connectivity index (χ3v) is 7.30. The predicted molar refractivity (Wildman–Crippen MR) is 133 cm³/mol. The van der Waals surface area contributed by atoms with E-state index in [1.807, 2.05) is 6.92 Å². The lowest BCUT2D eigenvalue weighted by Gasteiger charge is -2.11. The summed E-state index contributed by atoms with van der Waals surface area (Å²) in [6.45, 7) is 7.95. The molecule has 0 spiro atoms. The van der Waals surface area contributed by atoms with E-state index in [1.54, 1.807) is 56.3 Å². The molecule has 1 aromatic heterocycles. The van der Waals surface area contributed by atoms with Gasteiger partial charge >= 0.3 is 6.09 Å². The SMILES string of the molecule is CCOC(=O)NCCOc1ccc2c(c1)c(CCNC(C)=O)c(C)n2S(=O)(=O)c1ccc(C)cc1. The fourth-order valence-electron chi connectivity index (χ4n) is 3.83. The highest BCUT2D eigenvalue weighted by Crippen LogP contribution is 2.33. The zero-order valence-corrected chi connectivity index (χ0v) is 21.2. The van der Waals surface area contributed by atoms with Crippen molar-refractivity contribution < 1.29 is 27.5 Å². The molecule has 188 valence electrons. The van der Waals surface area contributed by atoms with E-state index in [1.165, 1.54) is 10.9 Å². The van der Waals surface area contributed by atoms with E-state index >= 15 is 0 Å². The van der Waals surface area contributed by atoms with Crippen LogP contribution in [0.1, 0.15) is 30.7 Å². The number of nitrogens with zero attached hydrogens (tertiary/aromatic N) is 1. The molecule has 0 bridgehead atoms. The topological polar surface area (TPSA) is 116 Å². The second-order valence-electron chi connectivity index (χ2n) is 8.05. The number of benzene rings is 2. The van der Waals surface area contributed by atoms with Gasteiger partial charge in [-0.05, 0) is 63.1 Å². The summed E-state index contributed by atoms with van der Waals surface area (Å²) >= 11 is 0. The van der Waals surface area contributed by atoms with Gasteiger partial charge in [0.05, 0.1) is 23.6 Å². The van der Waals surface area contributed by atoms with Crippen LogP contribution in [-0.2, 0) is 26.0 Å². The van der Waals surface area contributed by atoms with Gasteiger partial charge in [-0.1, -0.05) is 17.7 Å². The first kappa shape index (κ1) is 26.1. The number of amides is 2. The molecule has 0 fully saturated rings. The summed E-state index contributed by atoms with van der Waals surface area (Å²) in [5.74, 6) is 0.380. The Morgan fingerprint density at radius 1 is 1.00 bits per heavy atom. The summed E-state index contributed by atoms with van der Waals surface area (Å²) in [6, 6.07) is 11.9. The summed E-state index contributed by atoms with van der Waals surface area (Å²) in [5, 5.41) is 6.08. The van der Waals surface area contributed by atoms with Crippen LogP contribution < -0.4 is 15.4 Å². The molecule has 9 nitrogen and oxygen atoms in total. The second kappa shape index (κ2) is 11.3. The molecule has 3 aromatic rings. The third kappa shape index (κ3) is 6.13. The van der Waals surface area contributed by atoms with Crippen LogP contribution in [0.4, 0.5) is 4.79 Å². The third-order valence-electron chi connectivity index (χ3n) is 5.48. The number of hydrogen-bond acceptors (Lipinski definition) is 6. The number of carbonyl (C=O) groups excluding carboxylic acids is 2. The Morgan fingerprint density at radius 3 is 2.37 bits per heavy atom. The standard InChI is InChI=1S/C25H31N3O6S/c1-5-33-25(30)27-14-15-34-20-8-11-24-23(16-20)22(12-13-26-19(4)29)18(3)28(24)35(31,32)21-9-6-17(2)7-10-21/h6-11,16H,5,12-15H2,1-4H3,(H,26,29)(H,27,30). The minimum Gasteiger partial charge on any atom is -0.492 e. The molecule has 35 heavy (non-hydrogen) atoms. The van der Waals surface area contributed by atoms with E-state index in [9.17, 15) is 18.0 Å². The molecular weight excluding hydrogens is 470 g/mol. The number of aromatic nitrogens is 1. The van der Waals surface area contributed by atoms with Gasteiger partial charge in [-0.25, -0.2) is 17.2 Å². The number of aryl methyl sites for hydroxylation is 1. The zero-order valence-electron chi connectivity index (χ0n) is 20.4. The maximum Gasteiger partial charge on any atom is 0.407 e. The van der Waals surface area contributed by atoms with Crippen molar-refractivity contribution in [2.24, 2.45) is 0 Å². The lowest BCUT2D eigenvalue weighted by Crippen LogP contribution is -2.28. The van der Waals surface area contributed by atoms with Gasteiger partial charge in [0.25, 0.3) is 10.0 Å². The van der Waals surface area contributed by atoms with Gasteiger partial charge in [0.1, 0.15) is 12.4 Å². The molecule has 2 amide bonds. The molecule has 2 N–H and O–H groups in total. The average molecular weight is 502 g/mol. The summed E-state index contributed by atoms with van der Waals surface area (Å²) in [7, 11) is -3.86. The Bertz CT molecular complexity index is 1310. The number of ether oxygens (including phenoxy) is 2. The average Bonchev–Trinajstić information content (AvgIpc) is 3.08. The van der Waals surface area contributed by atoms with Crippen molar-refractivity contribution in [1.82, 2.24) is 14.6 Å². The fourth-order valence-corrected chi connectivity index (χ4v) is 5.41. The van der Waals surface area contributed by atoms with Gasteiger partial charge in [0, 0.05) is 24.5 Å². The van der Waals surface area contributed by atoms with Crippen LogP contribution in [0, 0.1) is 13.8 Å². The molecule has 0 unspecified atom stereocenters. The quantitative estimate of drug-likeness (QED) is 0.412. The molecule has 0 aliphatic heterocycles. The fraction of sp³-hybridized carbons (Fsp3) is 0.360. The van der Waals surface area contributed by atoms with E-state index in [4.69, 9.17) is 9.47 Å². The zero-order chi connectivity index (χ0) is 25.6. The molecule has 10 heteroatoms. The highest BCUT2D eigenvalue weighted by atomic mass is 32.2. The smallest absolute Gasteiger partial charge is 0.407 e. The summed E-state index contributed by atoms with van der Waals surface area (Å²) in [6.07, 6.45) is -0.0625. The number of rotatable bonds is 10. The van der Waals surface area contributed by atoms with E-state index in [2.05, 4.69) is 10.6 Å². The summed E-state index contributed by atoms with van der Waals surface area (Å²) in [4.78, 5) is 23.0. The lowest BCUT2D eigenvalue weighted by molar-refractivity contribution is -0.118. The van der Waals surface area contributed by atoms with Crippen molar-refractivity contribution >= 4 is 32.9 Å². The minimum atomic E-state index is -3.86. The largest absolute Gasteiger partial charge is 0.492 e. The highest BCUT2D eigenvalue weighted by molar-refractivity contribution is 7.90. The molecule has 0 aliphatic carbocycles. The number of nitrogens with one attached hydrogen (secondary N) is 2. The van der Waals surface area contributed by atoms with E-state index in [-0.39, 0.29) is 30.6 Å². The van der Waals surface area contributed by atoms with Crippen LogP contribution in [0.2, 0.25) is 0 Å². The van der Waals surface area contributed by atoms with E-state index in [0.29, 0.717) is 29.9 Å². The van der Waals surface area contributed by atoms with Crippen molar-refractivity contribution in [3.63, 3.8) is 0 Å². The Morgan fingerprint density at radius 2 is 1.71 bits per heavy atom. The first-order chi connectivity index (χ1) is 16.6. The minimum absolute atomic E-state index is 0.156. The molecular formula is C25H31N3O6S. The maximum absolute atomic E-state index is 13.6. The number of hydrogen-bond donors (Lipinski definition) is 2. The van der Waals surface area contributed by atoms with Gasteiger partial charge in [-0.15, -0.1) is 0 Å². The molecule has 0 atom stereocenters. The van der Waals surface area contributed by atoms with Crippen molar-refractivity contribution in [3.8, 4) is 5.75 Å². The van der Waals surface area contributed by atoms with Crippen molar-refractivity contribution in [1.29, 1.82) is 0 Å². The maximum atomic E-state index is 13.6. The molecule has 2 aromatic carbocycles. The molecule has 3 rings (SSSR count). The van der Waals surface area contributed by atoms with Crippen molar-refractivity contribution in [2.45, 2.75) is 39.0 Å². The Hall–Kier alpha value is -3.53. The van der Waals surface area contributed by atoms with Gasteiger partial charge < -0.3 is 20.1 Å². The van der Waals surface area contributed by atoms with Crippen LogP contribution in [0.15, 0.2) is 47.4 Å². The van der Waals surface area contributed by atoms with Crippen LogP contribution in [-0.4, -0.2) is 50.7 Å². The molecule has 1 heterocycles. The van der Waals surface area contributed by atoms with Crippen LogP contribution in [0.25, 0.3) is 10.9 Å². The first-order valence-corrected chi connectivity index (χ1v) is 12.8. The molecule has 0 saturated carbocycles. The van der Waals surface area contributed by atoms with E-state index in [0.717, 1.165) is 16.5 Å². The number of carbonyl (C=O) groups is 2. The first-order valence-electron chi connectivity index (χ1n) is 11.4. The van der Waals surface area contributed by atoms with E-state index < -0.39 is 16.1 Å². The monoisotopic (exact) mass is 501 g/mol.